The summed E-state index contributed by atoms with van der Waals surface area (Å²) in [6.07, 6.45) is 0. The maximum Gasteiger partial charge on any atom is 0.327 e. The van der Waals surface area contributed by atoms with Crippen molar-refractivity contribution in [3.63, 3.8) is 0 Å². The summed E-state index contributed by atoms with van der Waals surface area (Å²) in [5.74, 6) is 0. The average Bonchev–Trinajstić information content (AvgIpc) is 3.24. The molecule has 168 valence electrons. The van der Waals surface area contributed by atoms with Gasteiger partial charge in [0, 0.05) is 24.4 Å². The van der Waals surface area contributed by atoms with Crippen molar-refractivity contribution < 1.29 is 4.79 Å². The largest absolute Gasteiger partial charge is 0.327 e. The van der Waals surface area contributed by atoms with Gasteiger partial charge in [0.1, 0.15) is 5.69 Å². The van der Waals surface area contributed by atoms with Crippen molar-refractivity contribution in [1.29, 1.82) is 0 Å². The van der Waals surface area contributed by atoms with Gasteiger partial charge in [-0.1, -0.05) is 53.8 Å². The Morgan fingerprint density at radius 2 is 1.82 bits per heavy atom. The van der Waals surface area contributed by atoms with E-state index in [-0.39, 0.29) is 17.6 Å². The van der Waals surface area contributed by atoms with Crippen LogP contribution in [0.4, 0.5) is 15.6 Å². The Balaban J connectivity index is 1.75. The Hall–Kier alpha value is -3.78. The highest BCUT2D eigenvalue weighted by molar-refractivity contribution is 7.19. The number of anilines is 2. The van der Waals surface area contributed by atoms with E-state index in [0.717, 1.165) is 21.7 Å². The number of thiazole rings is 1. The van der Waals surface area contributed by atoms with E-state index < -0.39 is 0 Å². The number of nitrogens with one attached hydrogen (secondary N) is 1. The first kappa shape index (κ1) is 22.4. The van der Waals surface area contributed by atoms with Gasteiger partial charge in [-0.2, -0.15) is 5.10 Å². The second kappa shape index (κ2) is 9.38. The van der Waals surface area contributed by atoms with E-state index in [4.69, 9.17) is 4.98 Å². The SMILES string of the molecule is Cc1cccc(NC(=O)N(C)c2nc(-c3ccccc3)c(-c3ccc(=O)n(C(C)C)n3)s2)c1. The molecule has 1 N–H and O–H groups in total. The summed E-state index contributed by atoms with van der Waals surface area (Å²) in [5.41, 5.74) is 3.88. The maximum atomic E-state index is 12.9. The molecular formula is C25H25N5O2S. The molecule has 0 unspecified atom stereocenters. The van der Waals surface area contributed by atoms with Crippen molar-refractivity contribution in [2.75, 3.05) is 17.3 Å². The lowest BCUT2D eigenvalue weighted by atomic mass is 10.1. The van der Waals surface area contributed by atoms with E-state index >= 15 is 0 Å². The van der Waals surface area contributed by atoms with Crippen molar-refractivity contribution in [2.45, 2.75) is 26.8 Å². The smallest absolute Gasteiger partial charge is 0.307 e. The number of amides is 2. The zero-order valence-corrected chi connectivity index (χ0v) is 19.8. The van der Waals surface area contributed by atoms with Gasteiger partial charge < -0.3 is 5.32 Å². The second-order valence-corrected chi connectivity index (χ2v) is 8.97. The predicted molar refractivity (Wildman–Crippen MR) is 134 cm³/mol. The fraction of sp³-hybridized carbons (Fsp3) is 0.200. The molecule has 7 nitrogen and oxygen atoms in total. The Morgan fingerprint density at radius 3 is 2.52 bits per heavy atom. The molecule has 0 radical (unpaired) electrons. The van der Waals surface area contributed by atoms with Crippen molar-refractivity contribution in [3.05, 3.63) is 82.6 Å². The van der Waals surface area contributed by atoms with E-state index in [1.165, 1.54) is 27.0 Å². The third-order valence-corrected chi connectivity index (χ3v) is 6.23. The van der Waals surface area contributed by atoms with Gasteiger partial charge in [-0.25, -0.2) is 14.5 Å². The van der Waals surface area contributed by atoms with Crippen LogP contribution in [0.15, 0.2) is 71.5 Å². The number of hydrogen-bond acceptors (Lipinski definition) is 5. The number of urea groups is 1. The molecule has 2 aromatic carbocycles. The fourth-order valence-corrected chi connectivity index (χ4v) is 4.36. The summed E-state index contributed by atoms with van der Waals surface area (Å²) in [7, 11) is 1.69. The first-order valence-corrected chi connectivity index (χ1v) is 11.4. The number of aromatic nitrogens is 3. The zero-order chi connectivity index (χ0) is 23.5. The number of nitrogens with zero attached hydrogens (tertiary/aromatic N) is 4. The van der Waals surface area contributed by atoms with Gasteiger partial charge in [0.05, 0.1) is 16.6 Å². The van der Waals surface area contributed by atoms with Gasteiger partial charge in [0.25, 0.3) is 5.56 Å². The van der Waals surface area contributed by atoms with Gasteiger partial charge >= 0.3 is 6.03 Å². The van der Waals surface area contributed by atoms with Crippen LogP contribution in [0.1, 0.15) is 25.5 Å². The zero-order valence-electron chi connectivity index (χ0n) is 18.9. The Labute approximate surface area is 196 Å². The van der Waals surface area contributed by atoms with Crippen LogP contribution in [0.5, 0.6) is 0 Å². The molecule has 33 heavy (non-hydrogen) atoms. The van der Waals surface area contributed by atoms with Crippen molar-refractivity contribution >= 4 is 28.2 Å². The molecule has 0 saturated carbocycles. The van der Waals surface area contributed by atoms with Gasteiger partial charge in [-0.3, -0.25) is 9.69 Å². The summed E-state index contributed by atoms with van der Waals surface area (Å²) in [6, 6.07) is 20.2. The lowest BCUT2D eigenvalue weighted by Crippen LogP contribution is -2.31. The highest BCUT2D eigenvalue weighted by atomic mass is 32.1. The number of carbonyl (C=O) groups is 1. The van der Waals surface area contributed by atoms with Crippen molar-refractivity contribution in [2.24, 2.45) is 0 Å². The summed E-state index contributed by atoms with van der Waals surface area (Å²) in [4.78, 5) is 32.2. The first-order valence-electron chi connectivity index (χ1n) is 10.6. The monoisotopic (exact) mass is 459 g/mol. The molecule has 4 rings (SSSR count). The lowest BCUT2D eigenvalue weighted by molar-refractivity contribution is 0.258. The van der Waals surface area contributed by atoms with Crippen molar-refractivity contribution in [3.8, 4) is 21.8 Å². The number of aryl methyl sites for hydroxylation is 1. The molecule has 2 heterocycles. The van der Waals surface area contributed by atoms with E-state index in [1.807, 2.05) is 75.4 Å². The Morgan fingerprint density at radius 1 is 1.06 bits per heavy atom. The molecule has 8 heteroatoms. The minimum absolute atomic E-state index is 0.0761. The normalized spacial score (nSPS) is 10.9. The minimum Gasteiger partial charge on any atom is -0.307 e. The topological polar surface area (TPSA) is 80.1 Å². The molecule has 0 saturated heterocycles. The van der Waals surface area contributed by atoms with Crippen LogP contribution in [-0.2, 0) is 0 Å². The minimum atomic E-state index is -0.291. The average molecular weight is 460 g/mol. The molecule has 0 bridgehead atoms. The molecule has 4 aromatic rings. The number of benzene rings is 2. The standard InChI is InChI=1S/C25H25N5O2S/c1-16(2)30-21(31)14-13-20(28-30)23-22(18-10-6-5-7-11-18)27-25(33-23)29(4)24(32)26-19-12-8-9-17(3)15-19/h5-16H,1-4H3,(H,26,32). The third kappa shape index (κ3) is 4.85. The van der Waals surface area contributed by atoms with Crippen LogP contribution >= 0.6 is 11.3 Å². The van der Waals surface area contributed by atoms with E-state index in [0.29, 0.717) is 16.5 Å². The van der Waals surface area contributed by atoms with Gasteiger partial charge in [0.2, 0.25) is 0 Å². The van der Waals surface area contributed by atoms with E-state index in [9.17, 15) is 9.59 Å². The fourth-order valence-electron chi connectivity index (χ4n) is 3.35. The Kier molecular flexibility index (Phi) is 6.37. The second-order valence-electron chi connectivity index (χ2n) is 7.99. The molecule has 0 aliphatic heterocycles. The van der Waals surface area contributed by atoms with E-state index in [1.54, 1.807) is 13.1 Å². The van der Waals surface area contributed by atoms with Crippen LogP contribution in [0.3, 0.4) is 0 Å². The third-order valence-electron chi connectivity index (χ3n) is 5.07. The lowest BCUT2D eigenvalue weighted by Gasteiger charge is -2.15. The Bertz CT molecular complexity index is 1340. The summed E-state index contributed by atoms with van der Waals surface area (Å²) in [6.45, 7) is 5.80. The maximum absolute atomic E-state index is 12.9. The highest BCUT2D eigenvalue weighted by Gasteiger charge is 2.22. The van der Waals surface area contributed by atoms with Crippen LogP contribution in [0.25, 0.3) is 21.8 Å². The van der Waals surface area contributed by atoms with Crippen LogP contribution in [-0.4, -0.2) is 27.8 Å². The molecule has 0 aliphatic carbocycles. The molecule has 0 aliphatic rings. The van der Waals surface area contributed by atoms with Crippen LogP contribution in [0, 0.1) is 6.92 Å². The van der Waals surface area contributed by atoms with Gasteiger partial charge in [0.15, 0.2) is 5.13 Å². The van der Waals surface area contributed by atoms with Crippen molar-refractivity contribution in [1.82, 2.24) is 14.8 Å². The van der Waals surface area contributed by atoms with Crippen LogP contribution in [0.2, 0.25) is 0 Å². The number of carbonyl (C=O) groups excluding carboxylic acids is 1. The first-order chi connectivity index (χ1) is 15.8. The molecule has 2 amide bonds. The van der Waals surface area contributed by atoms with E-state index in [2.05, 4.69) is 10.4 Å². The summed E-state index contributed by atoms with van der Waals surface area (Å²) in [5, 5.41) is 8.02. The highest BCUT2D eigenvalue weighted by Crippen LogP contribution is 2.39. The molecular weight excluding hydrogens is 434 g/mol. The van der Waals surface area contributed by atoms with Gasteiger partial charge in [-0.15, -0.1) is 0 Å². The summed E-state index contributed by atoms with van der Waals surface area (Å²) < 4.78 is 1.46. The molecule has 0 fully saturated rings. The van der Waals surface area contributed by atoms with Gasteiger partial charge in [-0.05, 0) is 44.5 Å². The quantitative estimate of drug-likeness (QED) is 0.422. The summed E-state index contributed by atoms with van der Waals surface area (Å²) >= 11 is 1.36. The predicted octanol–water partition coefficient (Wildman–Crippen LogP) is 5.59. The molecule has 0 spiro atoms. The molecule has 0 atom stereocenters. The number of hydrogen-bond donors (Lipinski definition) is 1. The molecule has 2 aromatic heterocycles. The number of rotatable bonds is 5. The van der Waals surface area contributed by atoms with Crippen LogP contribution < -0.4 is 15.8 Å².